The van der Waals surface area contributed by atoms with Crippen molar-refractivity contribution in [2.75, 3.05) is 102 Å². The zero-order chi connectivity index (χ0) is 69.7. The molecule has 538 valence electrons. The number of fused-ring (bicyclic) bond motifs is 8. The summed E-state index contributed by atoms with van der Waals surface area (Å²) >= 11 is 0.752. The van der Waals surface area contributed by atoms with Gasteiger partial charge in [-0.05, 0) is 53.4 Å². The van der Waals surface area contributed by atoms with Gasteiger partial charge in [-0.2, -0.15) is 0 Å². The maximum absolute atomic E-state index is 17.0. The van der Waals surface area contributed by atoms with Gasteiger partial charge < -0.3 is 79.1 Å². The fourth-order valence-electron chi connectivity index (χ4n) is 11.8. The number of hydrogen-bond acceptors (Lipinski definition) is 29. The predicted molar refractivity (Wildman–Crippen MR) is 362 cm³/mol. The Labute approximate surface area is 578 Å². The normalized spacial score (nSPS) is 24.5. The maximum Gasteiger partial charge on any atom is 0.389 e. The fourth-order valence-corrected chi connectivity index (χ4v) is 16.5. The van der Waals surface area contributed by atoms with E-state index in [1.165, 1.54) is 41.1 Å². The van der Waals surface area contributed by atoms with Crippen LogP contribution in [0, 0.1) is 0 Å². The fraction of sp³-hybridized carbons (Fsp3) is 0.484. The molecule has 32 nitrogen and oxygen atoms in total. The third kappa shape index (κ3) is 17.8. The minimum Gasteiger partial charge on any atom is -0.388 e. The molecule has 3 saturated heterocycles. The van der Waals surface area contributed by atoms with Gasteiger partial charge in [-0.3, -0.25) is 37.3 Å². The summed E-state index contributed by atoms with van der Waals surface area (Å²) in [7, 11) is -5.11. The number of imidazole rings is 2. The topological polar surface area (TPSA) is 392 Å². The molecule has 9 N–H and O–H groups in total. The molecule has 3 fully saturated rings. The van der Waals surface area contributed by atoms with E-state index >= 15 is 13.3 Å². The summed E-state index contributed by atoms with van der Waals surface area (Å²) in [6.07, 6.45) is -6.85. The highest BCUT2D eigenvalue weighted by molar-refractivity contribution is 8.54. The van der Waals surface area contributed by atoms with Gasteiger partial charge in [-0.1, -0.05) is 66.7 Å². The number of carbonyl (C=O) groups excluding carboxylic acids is 2. The third-order valence-corrected chi connectivity index (χ3v) is 21.8. The number of rotatable bonds is 30. The Balaban J connectivity index is 0.596. The Kier molecular flexibility index (Phi) is 25.1. The van der Waals surface area contributed by atoms with Crippen LogP contribution in [-0.2, 0) is 88.7 Å². The van der Waals surface area contributed by atoms with Crippen molar-refractivity contribution in [1.29, 1.82) is 0 Å². The van der Waals surface area contributed by atoms with E-state index in [1.54, 1.807) is 12.1 Å². The average Bonchev–Trinajstić information content (AvgIpc) is 1.57. The largest absolute Gasteiger partial charge is 0.389 e. The Morgan fingerprint density at radius 2 is 1.42 bits per heavy atom. The first-order valence-corrected chi connectivity index (χ1v) is 38.4. The number of hydrogen-bond donors (Lipinski definition) is 7. The second kappa shape index (κ2) is 34.4. The number of benzene rings is 3. The van der Waals surface area contributed by atoms with Gasteiger partial charge in [0.2, 0.25) is 11.8 Å². The molecular weight excluding hydrogens is 1390 g/mol. The first kappa shape index (κ1) is 73.0. The van der Waals surface area contributed by atoms with E-state index in [0.717, 1.165) is 50.7 Å². The van der Waals surface area contributed by atoms with Gasteiger partial charge in [-0.25, -0.2) is 43.2 Å². The van der Waals surface area contributed by atoms with Crippen molar-refractivity contribution in [3.8, 4) is 0 Å². The van der Waals surface area contributed by atoms with Crippen LogP contribution in [0.2, 0.25) is 0 Å². The molecule has 0 bridgehead atoms. The number of aliphatic hydroxyl groups is 1. The van der Waals surface area contributed by atoms with E-state index in [0.29, 0.717) is 77.5 Å². The first-order valence-electron chi connectivity index (χ1n) is 32.4. The number of nitrogen functional groups attached to an aromatic ring is 2. The van der Waals surface area contributed by atoms with Crippen molar-refractivity contribution in [2.24, 2.45) is 0 Å². The lowest BCUT2D eigenvalue weighted by atomic mass is 9.95. The summed E-state index contributed by atoms with van der Waals surface area (Å²) in [5.74, 6) is -0.0604. The van der Waals surface area contributed by atoms with Crippen LogP contribution in [0.15, 0.2) is 98.1 Å². The first-order chi connectivity index (χ1) is 48.6. The molecule has 3 unspecified atom stereocenters. The van der Waals surface area contributed by atoms with Crippen LogP contribution in [0.3, 0.4) is 0 Å². The number of para-hydroxylation sites is 1. The molecule has 5 aliphatic rings. The summed E-state index contributed by atoms with van der Waals surface area (Å²) in [5, 5.41) is 14.7. The molecule has 0 saturated carbocycles. The Morgan fingerprint density at radius 1 is 0.780 bits per heavy atom. The van der Waals surface area contributed by atoms with Gasteiger partial charge in [0.1, 0.15) is 54.2 Å². The molecule has 12 atom stereocenters. The van der Waals surface area contributed by atoms with Crippen LogP contribution in [0.1, 0.15) is 72.4 Å². The smallest absolute Gasteiger partial charge is 0.388 e. The van der Waals surface area contributed by atoms with Gasteiger partial charge in [0.25, 0.3) is 0 Å². The zero-order valence-electron chi connectivity index (χ0n) is 54.3. The molecule has 4 aromatic heterocycles. The van der Waals surface area contributed by atoms with Gasteiger partial charge in [0, 0.05) is 49.5 Å². The average molecular weight is 1470 g/mol. The number of alkyl halides is 2. The number of aromatic nitrogens is 8. The SMILES string of the molecule is CP(O)OCC(O)COCCCNC(=O)CCCCC(=O)N1Cc2ccccc2C2=C(c3ccccc31)N(CCOCCOCCOCc1ccc(CS[P@@]3(=O)OC[C@H]4O[C@@H](n5cnc6c(N)ncnc65)[C@H](F)[C@@H]4O[PH](=O)OC[C@H]4O[C@@H](n5cnc6c(N)ncnc65)[C@H](F)[C@@H]4O3)cc1)NN2. The summed E-state index contributed by atoms with van der Waals surface area (Å²) in [5.41, 5.74) is 26.1. The summed E-state index contributed by atoms with van der Waals surface area (Å²) in [4.78, 5) is 62.6. The third-order valence-electron chi connectivity index (χ3n) is 16.8. The summed E-state index contributed by atoms with van der Waals surface area (Å²) < 4.78 is 129. The number of halogens is 2. The highest BCUT2D eigenvalue weighted by Crippen LogP contribution is 2.64. The molecule has 7 aromatic rings. The molecular formula is C62H78F2N15O17P3S. The molecule has 0 aliphatic carbocycles. The second-order valence-electron chi connectivity index (χ2n) is 23.7. The van der Waals surface area contributed by atoms with Crippen molar-refractivity contribution >= 4 is 97.7 Å². The molecule has 5 aliphatic heterocycles. The van der Waals surface area contributed by atoms with Gasteiger partial charge in [-0.15, -0.1) is 5.53 Å². The van der Waals surface area contributed by atoms with Crippen molar-refractivity contribution in [2.45, 2.75) is 106 Å². The zero-order valence-corrected chi connectivity index (χ0v) is 57.9. The molecule has 3 aromatic carbocycles. The number of amides is 2. The quantitative estimate of drug-likeness (QED) is 0.0195. The number of nitrogens with zero attached hydrogens (tertiary/aromatic N) is 10. The number of nitrogens with one attached hydrogen (secondary N) is 3. The van der Waals surface area contributed by atoms with Crippen LogP contribution in [0.25, 0.3) is 33.7 Å². The minimum absolute atomic E-state index is 0.0127. The Bertz CT molecular complexity index is 4050. The highest BCUT2D eigenvalue weighted by Gasteiger charge is 2.54. The number of unbranched alkanes of at least 4 members (excludes halogenated alkanes) is 1. The van der Waals surface area contributed by atoms with Crippen molar-refractivity contribution in [1.82, 2.24) is 60.3 Å². The lowest BCUT2D eigenvalue weighted by Gasteiger charge is -2.31. The molecule has 100 heavy (non-hydrogen) atoms. The van der Waals surface area contributed by atoms with Crippen LogP contribution in [0.5, 0.6) is 0 Å². The van der Waals surface area contributed by atoms with Gasteiger partial charge >= 0.3 is 15.1 Å². The van der Waals surface area contributed by atoms with E-state index in [2.05, 4.69) is 46.2 Å². The monoisotopic (exact) mass is 1470 g/mol. The molecule has 2 amide bonds. The molecule has 0 spiro atoms. The number of ether oxygens (including phenoxy) is 6. The van der Waals surface area contributed by atoms with Crippen molar-refractivity contribution < 1.29 is 88.5 Å². The number of carbonyl (C=O) groups is 2. The van der Waals surface area contributed by atoms with E-state index in [4.69, 9.17) is 62.5 Å². The van der Waals surface area contributed by atoms with Crippen molar-refractivity contribution in [3.63, 3.8) is 0 Å². The van der Waals surface area contributed by atoms with Crippen LogP contribution < -0.4 is 32.6 Å². The van der Waals surface area contributed by atoms with Gasteiger partial charge in [0.05, 0.1) is 109 Å². The number of hydrazine groups is 2. The Morgan fingerprint density at radius 3 is 2.14 bits per heavy atom. The summed E-state index contributed by atoms with van der Waals surface area (Å²) in [6, 6.07) is 23.1. The maximum atomic E-state index is 17.0. The molecule has 38 heteroatoms. The standard InChI is InChI=1S/C62H78F2N15O17P3S/c1-97(83)90-30-41(80)29-88-21-8-19-67-47(81)13-6-7-14-48(82)76-27-40-9-2-3-10-42(40)51-54(43-11-4-5-12-44(43)76)79(75-74-51)20-22-86-23-24-87-25-26-89-28-38-15-17-39(18-16-38)33-100-99(85)92-32-46-55(49(63)61(94-46)77-36-72-52-57(65)68-34-70-59(52)77)95-98(84)91-31-45-56(96-99)50(64)62(93-45)78-37-73-53-58(66)69-35-71-60(53)78/h2-5,9-12,15-18,34-37,41,45-46,49-50,55-56,61-62,74-75,80,83,98H,6-8,13-14,19-33H2,1H3,(H,67,81)(H2,65,68,70)(H2,66,69,71)/t41?,45-,46-,49-,50-,55-,56-,61-,62-,97?,99+/m1/s1. The molecule has 12 rings (SSSR count). The number of aliphatic hydroxyl groups excluding tert-OH is 1. The lowest BCUT2D eigenvalue weighted by molar-refractivity contribution is -0.122. The van der Waals surface area contributed by atoms with Crippen LogP contribution in [-0.4, -0.2) is 195 Å². The summed E-state index contributed by atoms with van der Waals surface area (Å²) in [6.45, 7) is -0.805. The van der Waals surface area contributed by atoms with Gasteiger partial charge in [0.15, 0.2) is 56.1 Å². The van der Waals surface area contributed by atoms with E-state index in [1.807, 2.05) is 70.6 Å². The second-order valence-corrected chi connectivity index (χ2v) is 29.9. The van der Waals surface area contributed by atoms with E-state index < -0.39 is 92.0 Å². The number of anilines is 3. The molecule has 9 heterocycles. The van der Waals surface area contributed by atoms with Crippen molar-refractivity contribution in [3.05, 3.63) is 126 Å². The minimum atomic E-state index is -4.51. The highest BCUT2D eigenvalue weighted by atomic mass is 32.7. The van der Waals surface area contributed by atoms with Crippen LogP contribution >= 0.6 is 34.8 Å². The lowest BCUT2D eigenvalue weighted by Crippen LogP contribution is -2.39. The number of nitrogens with two attached hydrogens (primary N) is 2. The van der Waals surface area contributed by atoms with E-state index in [9.17, 15) is 24.2 Å². The van der Waals surface area contributed by atoms with E-state index in [-0.39, 0.29) is 90.8 Å². The van der Waals surface area contributed by atoms with Crippen LogP contribution in [0.4, 0.5) is 26.1 Å². The predicted octanol–water partition coefficient (Wildman–Crippen LogP) is 6.19. The Hall–Kier alpha value is -6.82. The molecule has 0 radical (unpaired) electrons.